The van der Waals surface area contributed by atoms with Crippen LogP contribution in [0, 0.1) is 0 Å². The first kappa shape index (κ1) is 21.0. The minimum absolute atomic E-state index is 0.121. The summed E-state index contributed by atoms with van der Waals surface area (Å²) in [6, 6.07) is 0. The van der Waals surface area contributed by atoms with E-state index < -0.39 is 0 Å². The van der Waals surface area contributed by atoms with Gasteiger partial charge in [-0.15, -0.1) is 0 Å². The second-order valence-electron chi connectivity index (χ2n) is 7.24. The van der Waals surface area contributed by atoms with Crippen LogP contribution in [-0.4, -0.2) is 15.4 Å². The van der Waals surface area contributed by atoms with Crippen molar-refractivity contribution < 1.29 is 0 Å². The van der Waals surface area contributed by atoms with Crippen LogP contribution in [0.25, 0.3) is 0 Å². The summed E-state index contributed by atoms with van der Waals surface area (Å²) in [6.07, 6.45) is 10.5. The number of azo groups is 1. The number of unbranched alkanes of at least 4 members (excludes halogenated alkanes) is 5. The summed E-state index contributed by atoms with van der Waals surface area (Å²) in [5.41, 5.74) is -0.249. The molecular formula is C17H33ClN2S. The Morgan fingerprint density at radius 2 is 1.48 bits per heavy atom. The van der Waals surface area contributed by atoms with Gasteiger partial charge in [0, 0.05) is 0 Å². The molecule has 0 bridgehead atoms. The topological polar surface area (TPSA) is 24.7 Å². The molecule has 1 unspecified atom stereocenters. The fraction of sp³-hybridized carbons (Fsp3) is 0.941. The second kappa shape index (κ2) is 10.7. The third-order valence-corrected chi connectivity index (χ3v) is 3.91. The summed E-state index contributed by atoms with van der Waals surface area (Å²) in [5, 5.41) is 9.11. The summed E-state index contributed by atoms with van der Waals surface area (Å²) in [5.74, 6) is 0. The Bertz CT molecular complexity index is 323. The minimum Gasteiger partial charge on any atom is -0.188 e. The number of rotatable bonds is 11. The van der Waals surface area contributed by atoms with Crippen molar-refractivity contribution in [1.82, 2.24) is 0 Å². The van der Waals surface area contributed by atoms with Crippen LogP contribution >= 0.6 is 23.8 Å². The van der Waals surface area contributed by atoms with Crippen molar-refractivity contribution >= 4 is 28.1 Å². The molecular weight excluding hydrogens is 300 g/mol. The van der Waals surface area contributed by atoms with Gasteiger partial charge in [-0.3, -0.25) is 0 Å². The molecule has 0 saturated carbocycles. The van der Waals surface area contributed by atoms with E-state index in [0.717, 1.165) is 19.3 Å². The molecule has 0 amide bonds. The van der Waals surface area contributed by atoms with Crippen LogP contribution in [0.2, 0.25) is 0 Å². The van der Waals surface area contributed by atoms with Crippen molar-refractivity contribution in [2.45, 2.75) is 103 Å². The summed E-state index contributed by atoms with van der Waals surface area (Å²) in [4.78, 5) is 0. The molecule has 0 fully saturated rings. The van der Waals surface area contributed by atoms with Gasteiger partial charge in [0.05, 0.1) is 15.4 Å². The average molecular weight is 333 g/mol. The van der Waals surface area contributed by atoms with Gasteiger partial charge in [-0.1, -0.05) is 69.3 Å². The lowest BCUT2D eigenvalue weighted by Crippen LogP contribution is -2.23. The molecule has 0 N–H and O–H groups in total. The smallest absolute Gasteiger partial charge is 0.0809 e. The van der Waals surface area contributed by atoms with E-state index in [2.05, 4.69) is 44.8 Å². The van der Waals surface area contributed by atoms with Gasteiger partial charge in [0.15, 0.2) is 0 Å². The Kier molecular flexibility index (Phi) is 10.7. The first-order valence-electron chi connectivity index (χ1n) is 8.31. The lowest BCUT2D eigenvalue weighted by Gasteiger charge is -2.25. The maximum Gasteiger partial charge on any atom is 0.0809 e. The van der Waals surface area contributed by atoms with Gasteiger partial charge in [0.2, 0.25) is 0 Å². The largest absolute Gasteiger partial charge is 0.188 e. The van der Waals surface area contributed by atoms with Crippen LogP contribution in [-0.2, 0) is 0 Å². The van der Waals surface area contributed by atoms with Crippen LogP contribution in [0.4, 0.5) is 0 Å². The third kappa shape index (κ3) is 13.4. The molecule has 0 aromatic rings. The molecule has 0 aliphatic rings. The molecule has 21 heavy (non-hydrogen) atoms. The molecule has 0 aliphatic heterocycles. The molecule has 0 aromatic heterocycles. The zero-order valence-corrected chi connectivity index (χ0v) is 16.1. The van der Waals surface area contributed by atoms with Gasteiger partial charge < -0.3 is 0 Å². The molecule has 1 atom stereocenters. The van der Waals surface area contributed by atoms with Crippen LogP contribution in [0.15, 0.2) is 10.2 Å². The van der Waals surface area contributed by atoms with E-state index in [0.29, 0.717) is 4.32 Å². The monoisotopic (exact) mass is 332 g/mol. The van der Waals surface area contributed by atoms with E-state index in [9.17, 15) is 0 Å². The molecule has 0 heterocycles. The van der Waals surface area contributed by atoms with Crippen molar-refractivity contribution in [3.63, 3.8) is 0 Å². The highest BCUT2D eigenvalue weighted by Crippen LogP contribution is 2.28. The standard InChI is InChI=1S/C17H33ClN2S/c1-6-7-8-9-10-11-13-17(5,14-12-15(18)21)20-19-16(2,3)4/h6-14H2,1-5H3. The van der Waals surface area contributed by atoms with E-state index in [1.54, 1.807) is 0 Å². The van der Waals surface area contributed by atoms with Gasteiger partial charge >= 0.3 is 0 Å². The van der Waals surface area contributed by atoms with E-state index in [1.165, 1.54) is 38.5 Å². The van der Waals surface area contributed by atoms with Crippen LogP contribution in [0.3, 0.4) is 0 Å². The maximum absolute atomic E-state index is 5.85. The van der Waals surface area contributed by atoms with Gasteiger partial charge in [-0.2, -0.15) is 10.2 Å². The zero-order valence-electron chi connectivity index (χ0n) is 14.5. The predicted molar refractivity (Wildman–Crippen MR) is 98.7 cm³/mol. The molecule has 4 heteroatoms. The third-order valence-electron chi connectivity index (χ3n) is 3.52. The van der Waals surface area contributed by atoms with Crippen LogP contribution < -0.4 is 0 Å². The molecule has 0 aromatic carbocycles. The Hall–Kier alpha value is -0.0200. The molecule has 0 rings (SSSR count). The number of halogens is 1. The van der Waals surface area contributed by atoms with Gasteiger partial charge in [-0.25, -0.2) is 0 Å². The number of thiocarbonyl (C=S) groups is 1. The predicted octanol–water partition coefficient (Wildman–Crippen LogP) is 7.09. The highest BCUT2D eigenvalue weighted by molar-refractivity contribution is 7.83. The fourth-order valence-corrected chi connectivity index (χ4v) is 2.35. The Balaban J connectivity index is 4.37. The minimum atomic E-state index is -0.128. The van der Waals surface area contributed by atoms with E-state index in [4.69, 9.17) is 23.8 Å². The molecule has 0 radical (unpaired) electrons. The summed E-state index contributed by atoms with van der Waals surface area (Å²) in [6.45, 7) is 10.7. The van der Waals surface area contributed by atoms with Crippen molar-refractivity contribution in [1.29, 1.82) is 0 Å². The molecule has 0 saturated heterocycles. The Morgan fingerprint density at radius 1 is 0.905 bits per heavy atom. The number of hydrogen-bond acceptors (Lipinski definition) is 3. The number of hydrogen-bond donors (Lipinski definition) is 0. The maximum atomic E-state index is 5.85. The van der Waals surface area contributed by atoms with E-state index in [-0.39, 0.29) is 11.1 Å². The first-order chi connectivity index (χ1) is 9.68. The Labute approximate surface area is 142 Å². The van der Waals surface area contributed by atoms with Crippen LogP contribution in [0.1, 0.15) is 92.4 Å². The van der Waals surface area contributed by atoms with Gasteiger partial charge in [-0.05, 0) is 47.0 Å². The summed E-state index contributed by atoms with van der Waals surface area (Å²) >= 11 is 10.8. The molecule has 2 nitrogen and oxygen atoms in total. The highest BCUT2D eigenvalue weighted by atomic mass is 35.5. The van der Waals surface area contributed by atoms with Gasteiger partial charge in [0.1, 0.15) is 0 Å². The van der Waals surface area contributed by atoms with Gasteiger partial charge in [0.25, 0.3) is 0 Å². The second-order valence-corrected chi connectivity index (χ2v) is 8.41. The fourth-order valence-electron chi connectivity index (χ4n) is 2.15. The SMILES string of the molecule is CCCCCCCCC(C)(CCC(=S)Cl)N=NC(C)(C)C. The zero-order chi connectivity index (χ0) is 16.4. The lowest BCUT2D eigenvalue weighted by molar-refractivity contribution is 0.353. The van der Waals surface area contributed by atoms with Crippen molar-refractivity contribution in [3.8, 4) is 0 Å². The quantitative estimate of drug-likeness (QED) is 0.171. The lowest BCUT2D eigenvalue weighted by atomic mass is 9.90. The van der Waals surface area contributed by atoms with E-state index >= 15 is 0 Å². The van der Waals surface area contributed by atoms with Crippen molar-refractivity contribution in [3.05, 3.63) is 0 Å². The molecule has 124 valence electrons. The van der Waals surface area contributed by atoms with E-state index in [1.807, 2.05) is 0 Å². The highest BCUT2D eigenvalue weighted by Gasteiger charge is 2.24. The Morgan fingerprint density at radius 3 is 2.00 bits per heavy atom. The summed E-state index contributed by atoms with van der Waals surface area (Å²) in [7, 11) is 0. The normalized spacial score (nSPS) is 15.3. The van der Waals surface area contributed by atoms with Crippen molar-refractivity contribution in [2.24, 2.45) is 10.2 Å². The first-order valence-corrected chi connectivity index (χ1v) is 9.09. The average Bonchev–Trinajstić information content (AvgIpc) is 2.38. The number of nitrogens with zero attached hydrogens (tertiary/aromatic N) is 2. The van der Waals surface area contributed by atoms with Crippen molar-refractivity contribution in [2.75, 3.05) is 0 Å². The van der Waals surface area contributed by atoms with Crippen LogP contribution in [0.5, 0.6) is 0 Å². The molecule has 0 spiro atoms. The summed E-state index contributed by atoms with van der Waals surface area (Å²) < 4.78 is 0.551. The molecule has 0 aliphatic carbocycles.